The lowest BCUT2D eigenvalue weighted by Gasteiger charge is -2.23. The van der Waals surface area contributed by atoms with Gasteiger partial charge in [0, 0.05) is 49.9 Å². The van der Waals surface area contributed by atoms with Crippen molar-refractivity contribution in [3.63, 3.8) is 0 Å². The molecular weight excluding hydrogens is 360 g/mol. The number of guanidine groups is 1. The molecule has 0 saturated heterocycles. The molecule has 0 radical (unpaired) electrons. The zero-order chi connectivity index (χ0) is 19.6. The molecule has 1 aromatic carbocycles. The zero-order valence-electron chi connectivity index (χ0n) is 16.9. The van der Waals surface area contributed by atoms with E-state index in [2.05, 4.69) is 25.6 Å². The van der Waals surface area contributed by atoms with Crippen molar-refractivity contribution < 1.29 is 9.47 Å². The molecule has 7 heteroatoms. The fourth-order valence-electron chi connectivity index (χ4n) is 2.82. The van der Waals surface area contributed by atoms with Gasteiger partial charge < -0.3 is 19.7 Å². The largest absolute Gasteiger partial charge is 0.497 e. The Morgan fingerprint density at radius 2 is 2.07 bits per heavy atom. The number of hydrogen-bond acceptors (Lipinski definition) is 5. The summed E-state index contributed by atoms with van der Waals surface area (Å²) in [6, 6.07) is 5.87. The number of benzene rings is 1. The van der Waals surface area contributed by atoms with Gasteiger partial charge in [0.2, 0.25) is 0 Å². The second kappa shape index (κ2) is 10.8. The molecular formula is C20H30N4O2S. The monoisotopic (exact) mass is 390 g/mol. The van der Waals surface area contributed by atoms with Crippen molar-refractivity contribution in [3.8, 4) is 11.5 Å². The molecule has 0 saturated carbocycles. The maximum Gasteiger partial charge on any atom is 0.193 e. The lowest BCUT2D eigenvalue weighted by atomic mass is 10.2. The number of aromatic nitrogens is 1. The van der Waals surface area contributed by atoms with Crippen LogP contribution >= 0.6 is 11.3 Å². The highest BCUT2D eigenvalue weighted by molar-refractivity contribution is 7.09. The van der Waals surface area contributed by atoms with Crippen LogP contribution in [0, 0.1) is 6.92 Å². The molecule has 27 heavy (non-hydrogen) atoms. The predicted octanol–water partition coefficient (Wildman–Crippen LogP) is 3.50. The van der Waals surface area contributed by atoms with E-state index in [4.69, 9.17) is 9.47 Å². The third kappa shape index (κ3) is 6.43. The molecule has 0 unspecified atom stereocenters. The third-order valence-electron chi connectivity index (χ3n) is 4.24. The SMILES string of the molecule is CN=C(NCCCCc1nc(C)cs1)N(C)Cc1ccc(OC)cc1OC. The Morgan fingerprint density at radius 1 is 1.26 bits per heavy atom. The van der Waals surface area contributed by atoms with E-state index in [-0.39, 0.29) is 0 Å². The van der Waals surface area contributed by atoms with Gasteiger partial charge in [-0.05, 0) is 38.3 Å². The van der Waals surface area contributed by atoms with Gasteiger partial charge in [0.25, 0.3) is 0 Å². The van der Waals surface area contributed by atoms with Crippen molar-refractivity contribution in [2.75, 3.05) is 34.9 Å². The number of methoxy groups -OCH3 is 2. The van der Waals surface area contributed by atoms with Crippen LogP contribution in [0.5, 0.6) is 11.5 Å². The minimum Gasteiger partial charge on any atom is -0.497 e. The van der Waals surface area contributed by atoms with E-state index in [0.717, 1.165) is 54.5 Å². The molecule has 1 N–H and O–H groups in total. The highest BCUT2D eigenvalue weighted by Gasteiger charge is 2.11. The summed E-state index contributed by atoms with van der Waals surface area (Å²) in [6.45, 7) is 3.63. The molecule has 0 amide bonds. The number of aryl methyl sites for hydroxylation is 2. The van der Waals surface area contributed by atoms with Gasteiger partial charge >= 0.3 is 0 Å². The van der Waals surface area contributed by atoms with E-state index in [0.29, 0.717) is 6.54 Å². The summed E-state index contributed by atoms with van der Waals surface area (Å²) in [6.07, 6.45) is 3.24. The molecule has 0 fully saturated rings. The number of nitrogens with zero attached hydrogens (tertiary/aromatic N) is 3. The summed E-state index contributed by atoms with van der Waals surface area (Å²) >= 11 is 1.75. The summed E-state index contributed by atoms with van der Waals surface area (Å²) in [5.74, 6) is 2.48. The number of aliphatic imine (C=N–C) groups is 1. The fourth-order valence-corrected chi connectivity index (χ4v) is 3.63. The first-order chi connectivity index (χ1) is 13.1. The van der Waals surface area contributed by atoms with Crippen LogP contribution in [0.2, 0.25) is 0 Å². The van der Waals surface area contributed by atoms with Crippen molar-refractivity contribution in [1.82, 2.24) is 15.2 Å². The van der Waals surface area contributed by atoms with Crippen molar-refractivity contribution in [3.05, 3.63) is 39.8 Å². The molecule has 0 bridgehead atoms. The summed E-state index contributed by atoms with van der Waals surface area (Å²) in [5.41, 5.74) is 2.20. The Hall–Kier alpha value is -2.28. The van der Waals surface area contributed by atoms with Crippen LogP contribution in [0.4, 0.5) is 0 Å². The Labute approximate surface area is 166 Å². The lowest BCUT2D eigenvalue weighted by Crippen LogP contribution is -2.38. The number of thiazole rings is 1. The zero-order valence-corrected chi connectivity index (χ0v) is 17.7. The summed E-state index contributed by atoms with van der Waals surface area (Å²) in [4.78, 5) is 11.0. The van der Waals surface area contributed by atoms with Crippen molar-refractivity contribution in [2.24, 2.45) is 4.99 Å². The van der Waals surface area contributed by atoms with Crippen LogP contribution in [-0.2, 0) is 13.0 Å². The van der Waals surface area contributed by atoms with Crippen LogP contribution in [0.1, 0.15) is 29.1 Å². The molecule has 1 aromatic heterocycles. The van der Waals surface area contributed by atoms with Gasteiger partial charge in [-0.25, -0.2) is 4.98 Å². The number of ether oxygens (including phenoxy) is 2. The average molecular weight is 391 g/mol. The molecule has 0 aliphatic carbocycles. The molecule has 0 aliphatic rings. The van der Waals surface area contributed by atoms with Gasteiger partial charge in [0.05, 0.1) is 19.2 Å². The first-order valence-electron chi connectivity index (χ1n) is 9.11. The molecule has 2 aromatic rings. The van der Waals surface area contributed by atoms with E-state index >= 15 is 0 Å². The van der Waals surface area contributed by atoms with E-state index in [1.165, 1.54) is 5.01 Å². The first kappa shape index (κ1) is 21.0. The van der Waals surface area contributed by atoms with E-state index in [9.17, 15) is 0 Å². The molecule has 0 aliphatic heterocycles. The van der Waals surface area contributed by atoms with Crippen molar-refractivity contribution in [1.29, 1.82) is 0 Å². The topological polar surface area (TPSA) is 59.0 Å². The smallest absolute Gasteiger partial charge is 0.193 e. The quantitative estimate of drug-likeness (QED) is 0.403. The molecule has 2 rings (SSSR count). The standard InChI is InChI=1S/C20H30N4O2S/c1-15-14-27-19(23-15)8-6-7-11-22-20(21-2)24(3)13-16-9-10-17(25-4)12-18(16)26-5/h9-10,12,14H,6-8,11,13H2,1-5H3,(H,21,22). The van der Waals surface area contributed by atoms with Gasteiger partial charge in [-0.1, -0.05) is 0 Å². The predicted molar refractivity (Wildman–Crippen MR) is 112 cm³/mol. The molecule has 0 atom stereocenters. The van der Waals surface area contributed by atoms with E-state index < -0.39 is 0 Å². The Morgan fingerprint density at radius 3 is 2.70 bits per heavy atom. The Kier molecular flexibility index (Phi) is 8.39. The third-order valence-corrected chi connectivity index (χ3v) is 5.27. The van der Waals surface area contributed by atoms with Gasteiger partial charge in [0.15, 0.2) is 5.96 Å². The minimum atomic E-state index is 0.700. The number of rotatable bonds is 9. The maximum absolute atomic E-state index is 5.49. The fraction of sp³-hybridized carbons (Fsp3) is 0.500. The average Bonchev–Trinajstić information content (AvgIpc) is 3.09. The van der Waals surface area contributed by atoms with Crippen LogP contribution in [0.25, 0.3) is 0 Å². The summed E-state index contributed by atoms with van der Waals surface area (Å²) in [5, 5.41) is 6.77. The number of hydrogen-bond donors (Lipinski definition) is 1. The van der Waals surface area contributed by atoms with Crippen molar-refractivity contribution >= 4 is 17.3 Å². The second-order valence-electron chi connectivity index (χ2n) is 6.35. The van der Waals surface area contributed by atoms with Crippen LogP contribution < -0.4 is 14.8 Å². The lowest BCUT2D eigenvalue weighted by molar-refractivity contribution is 0.382. The normalized spacial score (nSPS) is 11.4. The summed E-state index contributed by atoms with van der Waals surface area (Å²) in [7, 11) is 7.16. The van der Waals surface area contributed by atoms with E-state index in [1.807, 2.05) is 39.2 Å². The van der Waals surface area contributed by atoms with Crippen molar-refractivity contribution in [2.45, 2.75) is 32.7 Å². The highest BCUT2D eigenvalue weighted by atomic mass is 32.1. The first-order valence-corrected chi connectivity index (χ1v) is 9.99. The number of unbranched alkanes of at least 4 members (excludes halogenated alkanes) is 1. The molecule has 0 spiro atoms. The Balaban J connectivity index is 1.80. The van der Waals surface area contributed by atoms with Gasteiger partial charge in [-0.2, -0.15) is 0 Å². The summed E-state index contributed by atoms with van der Waals surface area (Å²) < 4.78 is 10.7. The van der Waals surface area contributed by atoms with Gasteiger partial charge in [0.1, 0.15) is 11.5 Å². The highest BCUT2D eigenvalue weighted by Crippen LogP contribution is 2.25. The van der Waals surface area contributed by atoms with E-state index in [1.54, 1.807) is 25.6 Å². The maximum atomic E-state index is 5.49. The van der Waals surface area contributed by atoms with Gasteiger partial charge in [-0.3, -0.25) is 4.99 Å². The van der Waals surface area contributed by atoms with Crippen LogP contribution in [0.15, 0.2) is 28.6 Å². The van der Waals surface area contributed by atoms with Gasteiger partial charge in [-0.15, -0.1) is 11.3 Å². The van der Waals surface area contributed by atoms with Crippen LogP contribution in [0.3, 0.4) is 0 Å². The molecule has 1 heterocycles. The minimum absolute atomic E-state index is 0.700. The number of nitrogens with one attached hydrogen (secondary N) is 1. The Bertz CT molecular complexity index is 745. The van der Waals surface area contributed by atoms with Crippen LogP contribution in [-0.4, -0.2) is 50.7 Å². The second-order valence-corrected chi connectivity index (χ2v) is 7.29. The molecule has 6 nitrogen and oxygen atoms in total. The molecule has 148 valence electrons.